The van der Waals surface area contributed by atoms with Gasteiger partial charge in [-0.2, -0.15) is 5.21 Å². The smallest absolute Gasteiger partial charge is 0.270 e. The number of nitrogens with zero attached hydrogens (tertiary/aromatic N) is 3. The molecule has 86 valence electrons. The van der Waals surface area contributed by atoms with E-state index in [4.69, 9.17) is 11.6 Å². The van der Waals surface area contributed by atoms with Crippen LogP contribution in [0.15, 0.2) is 30.3 Å². The van der Waals surface area contributed by atoms with Crippen LogP contribution in [0.4, 0.5) is 5.95 Å². The van der Waals surface area contributed by atoms with Crippen molar-refractivity contribution in [1.29, 1.82) is 0 Å². The van der Waals surface area contributed by atoms with Crippen molar-refractivity contribution in [3.63, 3.8) is 0 Å². The summed E-state index contributed by atoms with van der Waals surface area (Å²) in [6.07, 6.45) is 2.95. The van der Waals surface area contributed by atoms with E-state index in [1.165, 1.54) is 6.08 Å². The maximum Gasteiger partial charge on any atom is 0.270 e. The molecular weight excluding hydrogens is 242 g/mol. The summed E-state index contributed by atoms with van der Waals surface area (Å²) in [5.74, 6) is -0.231. The van der Waals surface area contributed by atoms with Crippen LogP contribution < -0.4 is 5.32 Å². The van der Waals surface area contributed by atoms with Crippen LogP contribution in [-0.4, -0.2) is 26.5 Å². The van der Waals surface area contributed by atoms with Crippen LogP contribution in [0, 0.1) is 0 Å². The van der Waals surface area contributed by atoms with E-state index in [0.29, 0.717) is 5.02 Å². The Morgan fingerprint density at radius 1 is 1.41 bits per heavy atom. The summed E-state index contributed by atoms with van der Waals surface area (Å²) in [7, 11) is 0. The number of anilines is 1. The fourth-order valence-corrected chi connectivity index (χ4v) is 1.34. The zero-order chi connectivity index (χ0) is 12.1. The van der Waals surface area contributed by atoms with Gasteiger partial charge >= 0.3 is 0 Å². The zero-order valence-electron chi connectivity index (χ0n) is 8.59. The number of benzene rings is 1. The molecule has 0 aliphatic carbocycles. The lowest BCUT2D eigenvalue weighted by molar-refractivity contribution is -0.111. The van der Waals surface area contributed by atoms with Crippen LogP contribution in [-0.2, 0) is 4.79 Å². The molecule has 1 amide bonds. The molecule has 0 unspecified atom stereocenters. The van der Waals surface area contributed by atoms with Crippen molar-refractivity contribution in [2.45, 2.75) is 0 Å². The molecule has 0 saturated carbocycles. The van der Waals surface area contributed by atoms with Crippen LogP contribution in [0.1, 0.15) is 5.56 Å². The van der Waals surface area contributed by atoms with Crippen LogP contribution in [0.25, 0.3) is 6.08 Å². The van der Waals surface area contributed by atoms with E-state index < -0.39 is 0 Å². The Hall–Kier alpha value is -2.21. The van der Waals surface area contributed by atoms with Gasteiger partial charge in [0.15, 0.2) is 0 Å². The molecule has 0 spiro atoms. The maximum atomic E-state index is 11.4. The summed E-state index contributed by atoms with van der Waals surface area (Å²) in [5.41, 5.74) is 0.762. The van der Waals surface area contributed by atoms with Gasteiger partial charge in [0.05, 0.1) is 0 Å². The molecule has 0 saturated heterocycles. The standard InChI is InChI=1S/C10H8ClN5O/c11-8-4-2-1-3-7(8)5-6-9(17)12-10-13-15-16-14-10/h1-6H,(H2,12,13,14,15,16,17)/b6-5+. The summed E-state index contributed by atoms with van der Waals surface area (Å²) in [5, 5.41) is 15.7. The summed E-state index contributed by atoms with van der Waals surface area (Å²) in [6.45, 7) is 0. The van der Waals surface area contributed by atoms with Crippen molar-refractivity contribution in [2.75, 3.05) is 5.32 Å². The van der Waals surface area contributed by atoms with Crippen molar-refractivity contribution in [3.8, 4) is 0 Å². The SMILES string of the molecule is O=C(/C=C/c1ccccc1Cl)Nc1nn[nH]n1. The first kappa shape index (κ1) is 11.3. The van der Waals surface area contributed by atoms with E-state index in [0.717, 1.165) is 5.56 Å². The molecular formula is C10H8ClN5O. The van der Waals surface area contributed by atoms with Gasteiger partial charge in [-0.3, -0.25) is 10.1 Å². The third-order valence-corrected chi connectivity index (χ3v) is 2.24. The fraction of sp³-hybridized carbons (Fsp3) is 0. The minimum absolute atomic E-state index is 0.124. The van der Waals surface area contributed by atoms with Gasteiger partial charge in [-0.1, -0.05) is 34.9 Å². The minimum atomic E-state index is -0.355. The Morgan fingerprint density at radius 2 is 2.24 bits per heavy atom. The van der Waals surface area contributed by atoms with Crippen molar-refractivity contribution < 1.29 is 4.79 Å². The second kappa shape index (κ2) is 5.22. The van der Waals surface area contributed by atoms with Crippen LogP contribution in [0.5, 0.6) is 0 Å². The molecule has 0 bridgehead atoms. The summed E-state index contributed by atoms with van der Waals surface area (Å²) >= 11 is 5.93. The van der Waals surface area contributed by atoms with Crippen molar-refractivity contribution >= 4 is 29.5 Å². The number of amides is 1. The quantitative estimate of drug-likeness (QED) is 0.808. The molecule has 2 rings (SSSR count). The number of H-pyrrole nitrogens is 1. The van der Waals surface area contributed by atoms with Gasteiger partial charge in [0.1, 0.15) is 0 Å². The molecule has 1 aromatic carbocycles. The molecule has 0 fully saturated rings. The molecule has 0 atom stereocenters. The van der Waals surface area contributed by atoms with Gasteiger partial charge in [-0.05, 0) is 22.9 Å². The largest absolute Gasteiger partial charge is 0.288 e. The highest BCUT2D eigenvalue weighted by molar-refractivity contribution is 6.32. The summed E-state index contributed by atoms with van der Waals surface area (Å²) in [4.78, 5) is 11.4. The first-order valence-corrected chi connectivity index (χ1v) is 5.10. The Bertz CT molecular complexity index is 537. The number of carbonyl (C=O) groups excluding carboxylic acids is 1. The summed E-state index contributed by atoms with van der Waals surface area (Å²) < 4.78 is 0. The topological polar surface area (TPSA) is 83.6 Å². The highest BCUT2D eigenvalue weighted by atomic mass is 35.5. The summed E-state index contributed by atoms with van der Waals surface area (Å²) in [6, 6.07) is 7.21. The van der Waals surface area contributed by atoms with Crippen molar-refractivity contribution in [3.05, 3.63) is 40.9 Å². The Balaban J connectivity index is 2.01. The van der Waals surface area contributed by atoms with E-state index in [-0.39, 0.29) is 11.9 Å². The normalized spacial score (nSPS) is 10.6. The number of nitrogens with one attached hydrogen (secondary N) is 2. The van der Waals surface area contributed by atoms with Crippen LogP contribution in [0.2, 0.25) is 5.02 Å². The second-order valence-electron chi connectivity index (χ2n) is 3.08. The third-order valence-electron chi connectivity index (χ3n) is 1.90. The molecule has 0 aliphatic rings. The average molecular weight is 250 g/mol. The van der Waals surface area contributed by atoms with E-state index in [1.54, 1.807) is 18.2 Å². The molecule has 17 heavy (non-hydrogen) atoms. The number of halogens is 1. The lowest BCUT2D eigenvalue weighted by atomic mass is 10.2. The maximum absolute atomic E-state index is 11.4. The Morgan fingerprint density at radius 3 is 2.94 bits per heavy atom. The number of rotatable bonds is 3. The van der Waals surface area contributed by atoms with Crippen LogP contribution >= 0.6 is 11.6 Å². The third kappa shape index (κ3) is 3.12. The highest BCUT2D eigenvalue weighted by Crippen LogP contribution is 2.16. The van der Waals surface area contributed by atoms with E-state index in [2.05, 4.69) is 25.9 Å². The van der Waals surface area contributed by atoms with Gasteiger partial charge in [0.25, 0.3) is 11.9 Å². The molecule has 1 aromatic heterocycles. The lowest BCUT2D eigenvalue weighted by Crippen LogP contribution is -2.09. The van der Waals surface area contributed by atoms with Gasteiger partial charge in [-0.15, -0.1) is 5.10 Å². The molecule has 2 aromatic rings. The highest BCUT2D eigenvalue weighted by Gasteiger charge is 2.01. The van der Waals surface area contributed by atoms with E-state index in [9.17, 15) is 4.79 Å². The number of hydrogen-bond donors (Lipinski definition) is 2. The van der Waals surface area contributed by atoms with Gasteiger partial charge in [-0.25, -0.2) is 0 Å². The van der Waals surface area contributed by atoms with Gasteiger partial charge in [0.2, 0.25) is 0 Å². The number of tetrazole rings is 1. The predicted molar refractivity (Wildman–Crippen MR) is 63.3 cm³/mol. The monoisotopic (exact) mass is 249 g/mol. The minimum Gasteiger partial charge on any atom is -0.288 e. The molecule has 7 heteroatoms. The van der Waals surface area contributed by atoms with Gasteiger partial charge < -0.3 is 0 Å². The Labute approximate surface area is 102 Å². The van der Waals surface area contributed by atoms with Crippen molar-refractivity contribution in [2.24, 2.45) is 0 Å². The molecule has 6 nitrogen and oxygen atoms in total. The molecule has 0 aliphatic heterocycles. The number of aromatic nitrogens is 4. The number of carbonyl (C=O) groups is 1. The molecule has 1 heterocycles. The van der Waals surface area contributed by atoms with E-state index >= 15 is 0 Å². The molecule has 0 radical (unpaired) electrons. The number of aromatic amines is 1. The first-order valence-electron chi connectivity index (χ1n) is 4.73. The predicted octanol–water partition coefficient (Wildman–Crippen LogP) is 1.50. The zero-order valence-corrected chi connectivity index (χ0v) is 9.35. The van der Waals surface area contributed by atoms with Crippen molar-refractivity contribution in [1.82, 2.24) is 20.6 Å². The first-order chi connectivity index (χ1) is 8.25. The molecule has 2 N–H and O–H groups in total. The second-order valence-corrected chi connectivity index (χ2v) is 3.49. The number of hydrogen-bond acceptors (Lipinski definition) is 4. The lowest BCUT2D eigenvalue weighted by Gasteiger charge is -1.96. The van der Waals surface area contributed by atoms with Gasteiger partial charge in [0, 0.05) is 11.1 Å². The average Bonchev–Trinajstić information content (AvgIpc) is 2.81. The van der Waals surface area contributed by atoms with Crippen LogP contribution in [0.3, 0.4) is 0 Å². The van der Waals surface area contributed by atoms with E-state index in [1.807, 2.05) is 12.1 Å². The Kier molecular flexibility index (Phi) is 3.46. The fourth-order valence-electron chi connectivity index (χ4n) is 1.14.